The van der Waals surface area contributed by atoms with Crippen molar-refractivity contribution >= 4 is 29.2 Å². The molecule has 0 heterocycles. The topological polar surface area (TPSA) is 64.6 Å². The average molecular weight is 362 g/mol. The lowest BCUT2D eigenvalue weighted by molar-refractivity contribution is -0.122. The van der Waals surface area contributed by atoms with E-state index in [1.807, 2.05) is 6.92 Å². The van der Waals surface area contributed by atoms with Crippen molar-refractivity contribution in [1.82, 2.24) is 0 Å². The molecule has 2 rings (SSSR count). The molecule has 0 saturated heterocycles. The van der Waals surface area contributed by atoms with Crippen LogP contribution in [0, 0.1) is 6.92 Å². The van der Waals surface area contributed by atoms with Crippen LogP contribution in [0.1, 0.15) is 29.3 Å². The van der Waals surface area contributed by atoms with E-state index in [2.05, 4.69) is 5.32 Å². The highest BCUT2D eigenvalue weighted by Gasteiger charge is 2.21. The van der Waals surface area contributed by atoms with Crippen LogP contribution in [0.2, 0.25) is 5.02 Å². The zero-order valence-electron chi connectivity index (χ0n) is 14.3. The molecular weight excluding hydrogens is 342 g/mol. The highest BCUT2D eigenvalue weighted by molar-refractivity contribution is 6.32. The van der Waals surface area contributed by atoms with Gasteiger partial charge in [-0.3, -0.25) is 4.79 Å². The van der Waals surface area contributed by atoms with Gasteiger partial charge in [0.1, 0.15) is 5.75 Å². The van der Waals surface area contributed by atoms with Crippen LogP contribution in [0.3, 0.4) is 0 Å². The number of esters is 1. The van der Waals surface area contributed by atoms with E-state index in [4.69, 9.17) is 21.1 Å². The van der Waals surface area contributed by atoms with E-state index in [0.29, 0.717) is 34.0 Å². The monoisotopic (exact) mass is 361 g/mol. The second kappa shape index (κ2) is 8.53. The fourth-order valence-corrected chi connectivity index (χ4v) is 2.51. The van der Waals surface area contributed by atoms with Crippen LogP contribution >= 0.6 is 11.6 Å². The molecule has 0 aromatic heterocycles. The van der Waals surface area contributed by atoms with Gasteiger partial charge in [-0.05, 0) is 43.2 Å². The number of hydrogen-bond acceptors (Lipinski definition) is 4. The molecule has 5 nitrogen and oxygen atoms in total. The summed E-state index contributed by atoms with van der Waals surface area (Å²) in [6, 6.07) is 12.0. The van der Waals surface area contributed by atoms with E-state index >= 15 is 0 Å². The molecule has 0 aliphatic carbocycles. The Morgan fingerprint density at radius 3 is 2.52 bits per heavy atom. The summed E-state index contributed by atoms with van der Waals surface area (Å²) in [4.78, 5) is 24.3. The SMILES string of the molecule is CC[C@H](Oc1ccccc1Cl)C(=O)Nc1cccc(C(=O)OC)c1C. The van der Waals surface area contributed by atoms with Gasteiger partial charge in [-0.1, -0.05) is 36.7 Å². The van der Waals surface area contributed by atoms with Gasteiger partial charge in [0.2, 0.25) is 0 Å². The van der Waals surface area contributed by atoms with Gasteiger partial charge < -0.3 is 14.8 Å². The highest BCUT2D eigenvalue weighted by atomic mass is 35.5. The van der Waals surface area contributed by atoms with Crippen molar-refractivity contribution in [2.24, 2.45) is 0 Å². The van der Waals surface area contributed by atoms with Crippen LogP contribution in [0.5, 0.6) is 5.75 Å². The molecule has 132 valence electrons. The fraction of sp³-hybridized carbons (Fsp3) is 0.263. The predicted molar refractivity (Wildman–Crippen MR) is 97.3 cm³/mol. The summed E-state index contributed by atoms with van der Waals surface area (Å²) in [7, 11) is 1.32. The summed E-state index contributed by atoms with van der Waals surface area (Å²) >= 11 is 6.08. The minimum Gasteiger partial charge on any atom is -0.479 e. The van der Waals surface area contributed by atoms with Crippen molar-refractivity contribution in [2.75, 3.05) is 12.4 Å². The number of hydrogen-bond donors (Lipinski definition) is 1. The van der Waals surface area contributed by atoms with Gasteiger partial charge in [-0.15, -0.1) is 0 Å². The number of ether oxygens (including phenoxy) is 2. The predicted octanol–water partition coefficient (Wildman–Crippen LogP) is 4.23. The lowest BCUT2D eigenvalue weighted by Gasteiger charge is -2.19. The Morgan fingerprint density at radius 2 is 1.88 bits per heavy atom. The summed E-state index contributed by atoms with van der Waals surface area (Å²) in [6.07, 6.45) is -0.242. The van der Waals surface area contributed by atoms with E-state index in [1.54, 1.807) is 49.4 Å². The van der Waals surface area contributed by atoms with Crippen LogP contribution in [0.15, 0.2) is 42.5 Å². The Morgan fingerprint density at radius 1 is 1.16 bits per heavy atom. The highest BCUT2D eigenvalue weighted by Crippen LogP contribution is 2.26. The maximum absolute atomic E-state index is 12.6. The number of methoxy groups -OCH3 is 1. The number of anilines is 1. The number of nitrogens with one attached hydrogen (secondary N) is 1. The second-order valence-electron chi connectivity index (χ2n) is 5.40. The van der Waals surface area contributed by atoms with Gasteiger partial charge in [0, 0.05) is 5.69 Å². The Kier molecular flexibility index (Phi) is 6.42. The maximum Gasteiger partial charge on any atom is 0.338 e. The number of amides is 1. The molecule has 6 heteroatoms. The van der Waals surface area contributed by atoms with Gasteiger partial charge in [-0.25, -0.2) is 4.79 Å². The van der Waals surface area contributed by atoms with Crippen molar-refractivity contribution in [1.29, 1.82) is 0 Å². The minimum absolute atomic E-state index is 0.312. The zero-order valence-corrected chi connectivity index (χ0v) is 15.1. The van der Waals surface area contributed by atoms with Crippen LogP contribution in [-0.4, -0.2) is 25.1 Å². The lowest BCUT2D eigenvalue weighted by Crippen LogP contribution is -2.32. The molecule has 2 aromatic rings. The van der Waals surface area contributed by atoms with Gasteiger partial charge in [-0.2, -0.15) is 0 Å². The second-order valence-corrected chi connectivity index (χ2v) is 5.81. The number of rotatable bonds is 6. The van der Waals surface area contributed by atoms with Gasteiger partial charge >= 0.3 is 5.97 Å². The number of halogens is 1. The molecule has 0 radical (unpaired) electrons. The van der Waals surface area contributed by atoms with Crippen molar-refractivity contribution < 1.29 is 19.1 Å². The van der Waals surface area contributed by atoms with Crippen molar-refractivity contribution in [3.63, 3.8) is 0 Å². The third kappa shape index (κ3) is 4.51. The average Bonchev–Trinajstić information content (AvgIpc) is 2.62. The normalized spacial score (nSPS) is 11.5. The molecule has 25 heavy (non-hydrogen) atoms. The molecule has 1 N–H and O–H groups in total. The molecular formula is C19H20ClNO4. The van der Waals surface area contributed by atoms with Crippen molar-refractivity contribution in [3.8, 4) is 5.75 Å². The van der Waals surface area contributed by atoms with E-state index in [-0.39, 0.29) is 5.91 Å². The molecule has 1 atom stereocenters. The summed E-state index contributed by atoms with van der Waals surface area (Å²) < 4.78 is 10.5. The van der Waals surface area contributed by atoms with Crippen LogP contribution in [-0.2, 0) is 9.53 Å². The first-order valence-corrected chi connectivity index (χ1v) is 8.25. The largest absolute Gasteiger partial charge is 0.479 e. The van der Waals surface area contributed by atoms with Crippen LogP contribution < -0.4 is 10.1 Å². The Hall–Kier alpha value is -2.53. The number of para-hydroxylation sites is 1. The quantitative estimate of drug-likeness (QED) is 0.782. The number of carbonyl (C=O) groups excluding carboxylic acids is 2. The molecule has 0 bridgehead atoms. The standard InChI is InChI=1S/C19H20ClNO4/c1-4-16(25-17-11-6-5-9-14(17)20)18(22)21-15-10-7-8-13(12(15)2)19(23)24-3/h5-11,16H,4H2,1-3H3,(H,21,22)/t16-/m0/s1. The smallest absolute Gasteiger partial charge is 0.338 e. The van der Waals surface area contributed by atoms with E-state index in [9.17, 15) is 9.59 Å². The van der Waals surface area contributed by atoms with Gasteiger partial charge in [0.25, 0.3) is 5.91 Å². The molecule has 0 aliphatic heterocycles. The summed E-state index contributed by atoms with van der Waals surface area (Å²) in [5.41, 5.74) is 1.57. The lowest BCUT2D eigenvalue weighted by atomic mass is 10.1. The fourth-order valence-electron chi connectivity index (χ4n) is 2.33. The Bertz CT molecular complexity index is 776. The van der Waals surface area contributed by atoms with Crippen LogP contribution in [0.25, 0.3) is 0 Å². The maximum atomic E-state index is 12.6. The summed E-state index contributed by atoms with van der Waals surface area (Å²) in [6.45, 7) is 3.59. The van der Waals surface area contributed by atoms with E-state index in [1.165, 1.54) is 7.11 Å². The summed E-state index contributed by atoms with van der Waals surface area (Å²) in [5, 5.41) is 3.25. The molecule has 0 fully saturated rings. The zero-order chi connectivity index (χ0) is 18.4. The van der Waals surface area contributed by atoms with Gasteiger partial charge in [0.05, 0.1) is 17.7 Å². The first kappa shape index (κ1) is 18.8. The van der Waals surface area contributed by atoms with Crippen molar-refractivity contribution in [3.05, 3.63) is 58.6 Å². The Balaban J connectivity index is 2.17. The molecule has 1 amide bonds. The summed E-state index contributed by atoms with van der Waals surface area (Å²) in [5.74, 6) is -0.313. The first-order chi connectivity index (χ1) is 12.0. The molecule has 0 aliphatic rings. The molecule has 0 spiro atoms. The minimum atomic E-state index is -0.707. The van der Waals surface area contributed by atoms with Crippen LogP contribution in [0.4, 0.5) is 5.69 Å². The molecule has 2 aromatic carbocycles. The number of carbonyl (C=O) groups is 2. The van der Waals surface area contributed by atoms with Crippen molar-refractivity contribution in [2.45, 2.75) is 26.4 Å². The third-order valence-corrected chi connectivity index (χ3v) is 4.08. The molecule has 0 unspecified atom stereocenters. The molecule has 0 saturated carbocycles. The first-order valence-electron chi connectivity index (χ1n) is 7.87. The Labute approximate surface area is 151 Å². The van der Waals surface area contributed by atoms with Gasteiger partial charge in [0.15, 0.2) is 6.10 Å². The van der Waals surface area contributed by atoms with E-state index < -0.39 is 12.1 Å². The van der Waals surface area contributed by atoms with E-state index in [0.717, 1.165) is 0 Å². The third-order valence-electron chi connectivity index (χ3n) is 3.77. The number of benzene rings is 2.